The zero-order valence-electron chi connectivity index (χ0n) is 13.6. The van der Waals surface area contributed by atoms with Crippen molar-refractivity contribution < 1.29 is 14.3 Å². The van der Waals surface area contributed by atoms with Gasteiger partial charge in [0.1, 0.15) is 11.5 Å². The van der Waals surface area contributed by atoms with Gasteiger partial charge >= 0.3 is 0 Å². The van der Waals surface area contributed by atoms with E-state index in [1.54, 1.807) is 0 Å². The Morgan fingerprint density at radius 2 is 1.81 bits per heavy atom. The molecule has 5 heteroatoms. The molecule has 0 spiro atoms. The molecule has 0 aliphatic rings. The first-order valence-electron chi connectivity index (χ1n) is 7.30. The first-order valence-corrected chi connectivity index (χ1v) is 7.30. The van der Waals surface area contributed by atoms with E-state index >= 15 is 0 Å². The van der Waals surface area contributed by atoms with E-state index in [4.69, 9.17) is 9.47 Å². The quantitative estimate of drug-likeness (QED) is 0.812. The molecule has 0 saturated heterocycles. The molecule has 1 aromatic rings. The third-order valence-electron chi connectivity index (χ3n) is 2.52. The summed E-state index contributed by atoms with van der Waals surface area (Å²) in [6.07, 6.45) is 0. The molecule has 0 radical (unpaired) electrons. The lowest BCUT2D eigenvalue weighted by molar-refractivity contribution is -0.120. The van der Waals surface area contributed by atoms with Gasteiger partial charge in [0.2, 0.25) is 5.91 Å². The van der Waals surface area contributed by atoms with Gasteiger partial charge in [-0.25, -0.2) is 0 Å². The Kier molecular flexibility index (Phi) is 6.34. The number of ether oxygens (including phenoxy) is 2. The van der Waals surface area contributed by atoms with Crippen LogP contribution in [-0.4, -0.2) is 31.2 Å². The summed E-state index contributed by atoms with van der Waals surface area (Å²) in [5.74, 6) is 1.40. The second-order valence-corrected chi connectivity index (χ2v) is 5.68. The zero-order chi connectivity index (χ0) is 15.9. The number of benzene rings is 1. The molecule has 5 nitrogen and oxygen atoms in total. The molecule has 0 aliphatic heterocycles. The Morgan fingerprint density at radius 3 is 2.38 bits per heavy atom. The lowest BCUT2D eigenvalue weighted by atomic mass is 10.1. The van der Waals surface area contributed by atoms with Crippen molar-refractivity contribution in [3.63, 3.8) is 0 Å². The predicted octanol–water partition coefficient (Wildman–Crippen LogP) is 2.81. The van der Waals surface area contributed by atoms with Crippen LogP contribution in [0.25, 0.3) is 0 Å². The van der Waals surface area contributed by atoms with Crippen LogP contribution in [0.1, 0.15) is 34.6 Å². The van der Waals surface area contributed by atoms with Gasteiger partial charge in [-0.15, -0.1) is 0 Å². The van der Waals surface area contributed by atoms with E-state index in [0.29, 0.717) is 19.0 Å². The van der Waals surface area contributed by atoms with Crippen molar-refractivity contribution in [3.05, 3.63) is 18.2 Å². The monoisotopic (exact) mass is 294 g/mol. The highest BCUT2D eigenvalue weighted by Gasteiger charge is 2.14. The number of hydrogen-bond acceptors (Lipinski definition) is 4. The van der Waals surface area contributed by atoms with E-state index in [1.165, 1.54) is 0 Å². The van der Waals surface area contributed by atoms with E-state index in [2.05, 4.69) is 10.6 Å². The lowest BCUT2D eigenvalue weighted by Crippen LogP contribution is -2.43. The van der Waals surface area contributed by atoms with Gasteiger partial charge in [0.25, 0.3) is 0 Å². The number of amides is 1. The Hall–Kier alpha value is -1.91. The number of carbonyl (C=O) groups is 1. The van der Waals surface area contributed by atoms with Gasteiger partial charge in [-0.3, -0.25) is 4.79 Å². The number of anilines is 1. The largest absolute Gasteiger partial charge is 0.494 e. The summed E-state index contributed by atoms with van der Waals surface area (Å²) in [5, 5.41) is 6.01. The third kappa shape index (κ3) is 6.38. The van der Waals surface area contributed by atoms with E-state index < -0.39 is 0 Å². The van der Waals surface area contributed by atoms with Gasteiger partial charge in [-0.1, -0.05) is 0 Å². The fraction of sp³-hybridized carbons (Fsp3) is 0.562. The summed E-state index contributed by atoms with van der Waals surface area (Å²) in [7, 11) is 0. The maximum atomic E-state index is 11.9. The minimum absolute atomic E-state index is 0.0632. The topological polar surface area (TPSA) is 59.6 Å². The van der Waals surface area contributed by atoms with Gasteiger partial charge in [0.05, 0.1) is 25.4 Å². The Morgan fingerprint density at radius 1 is 1.14 bits per heavy atom. The second-order valence-electron chi connectivity index (χ2n) is 5.68. The molecule has 0 heterocycles. The van der Waals surface area contributed by atoms with E-state index in [0.717, 1.165) is 11.4 Å². The zero-order valence-corrected chi connectivity index (χ0v) is 13.6. The number of hydrogen-bond donors (Lipinski definition) is 2. The van der Waals surface area contributed by atoms with Crippen LogP contribution in [0.3, 0.4) is 0 Å². The third-order valence-corrected chi connectivity index (χ3v) is 2.52. The first-order chi connectivity index (χ1) is 9.85. The van der Waals surface area contributed by atoms with Crippen molar-refractivity contribution in [1.29, 1.82) is 0 Å². The van der Waals surface area contributed by atoms with Crippen LogP contribution in [0.5, 0.6) is 11.5 Å². The molecule has 0 fully saturated rings. The molecule has 0 unspecified atom stereocenters. The molecule has 0 atom stereocenters. The first kappa shape index (κ1) is 17.1. The molecule has 1 amide bonds. The molecule has 1 aromatic carbocycles. The molecule has 1 rings (SSSR count). The molecule has 0 aliphatic carbocycles. The summed E-state index contributed by atoms with van der Waals surface area (Å²) < 4.78 is 11.0. The molecular weight excluding hydrogens is 268 g/mol. The standard InChI is InChI=1S/C16H26N2O3/c1-6-20-12-8-9-14(21-7-2)13(10-12)17-11-15(19)18-16(3,4)5/h8-10,17H,6-7,11H2,1-5H3,(H,18,19). The van der Waals surface area contributed by atoms with Gasteiger partial charge in [-0.2, -0.15) is 0 Å². The maximum Gasteiger partial charge on any atom is 0.239 e. The highest BCUT2D eigenvalue weighted by atomic mass is 16.5. The van der Waals surface area contributed by atoms with Crippen molar-refractivity contribution in [3.8, 4) is 11.5 Å². The SMILES string of the molecule is CCOc1ccc(OCC)c(NCC(=O)NC(C)(C)C)c1. The molecule has 2 N–H and O–H groups in total. The predicted molar refractivity (Wildman–Crippen MR) is 85.2 cm³/mol. The minimum Gasteiger partial charge on any atom is -0.494 e. The number of nitrogens with one attached hydrogen (secondary N) is 2. The minimum atomic E-state index is -0.241. The second kappa shape index (κ2) is 7.76. The molecule has 0 saturated carbocycles. The van der Waals surface area contributed by atoms with Crippen molar-refractivity contribution in [2.45, 2.75) is 40.2 Å². The van der Waals surface area contributed by atoms with Crippen molar-refractivity contribution in [2.24, 2.45) is 0 Å². The Balaban J connectivity index is 2.74. The molecule has 0 bridgehead atoms. The summed E-state index contributed by atoms with van der Waals surface area (Å²) in [6, 6.07) is 5.55. The molecule has 21 heavy (non-hydrogen) atoms. The Labute approximate surface area is 127 Å². The summed E-state index contributed by atoms with van der Waals surface area (Å²) in [5.41, 5.74) is 0.515. The lowest BCUT2D eigenvalue weighted by Gasteiger charge is -2.21. The average molecular weight is 294 g/mol. The van der Waals surface area contributed by atoms with Crippen LogP contribution in [0.2, 0.25) is 0 Å². The Bertz CT molecular complexity index is 467. The van der Waals surface area contributed by atoms with Crippen molar-refractivity contribution in [1.82, 2.24) is 5.32 Å². The normalized spacial score (nSPS) is 10.9. The summed E-state index contributed by atoms with van der Waals surface area (Å²) in [6.45, 7) is 11.1. The number of rotatable bonds is 7. The van der Waals surface area contributed by atoms with Crippen LogP contribution in [0, 0.1) is 0 Å². The van der Waals surface area contributed by atoms with Gasteiger partial charge in [-0.05, 0) is 46.8 Å². The van der Waals surface area contributed by atoms with Gasteiger partial charge in [0, 0.05) is 11.6 Å². The van der Waals surface area contributed by atoms with Crippen LogP contribution < -0.4 is 20.1 Å². The highest BCUT2D eigenvalue weighted by Crippen LogP contribution is 2.29. The van der Waals surface area contributed by atoms with Crippen molar-refractivity contribution in [2.75, 3.05) is 25.1 Å². The highest BCUT2D eigenvalue weighted by molar-refractivity contribution is 5.82. The van der Waals surface area contributed by atoms with Crippen molar-refractivity contribution >= 4 is 11.6 Å². The van der Waals surface area contributed by atoms with Gasteiger partial charge < -0.3 is 20.1 Å². The molecular formula is C16H26N2O3. The smallest absolute Gasteiger partial charge is 0.239 e. The van der Waals surface area contributed by atoms with Gasteiger partial charge in [0.15, 0.2) is 0 Å². The molecule has 118 valence electrons. The van der Waals surface area contributed by atoms with Crippen LogP contribution in [0.4, 0.5) is 5.69 Å². The van der Waals surface area contributed by atoms with Crippen LogP contribution in [-0.2, 0) is 4.79 Å². The fourth-order valence-electron chi connectivity index (χ4n) is 1.82. The summed E-state index contributed by atoms with van der Waals surface area (Å²) in [4.78, 5) is 11.9. The van der Waals surface area contributed by atoms with E-state index in [-0.39, 0.29) is 18.0 Å². The summed E-state index contributed by atoms with van der Waals surface area (Å²) >= 11 is 0. The maximum absolute atomic E-state index is 11.9. The van der Waals surface area contributed by atoms with Crippen LogP contribution >= 0.6 is 0 Å². The fourth-order valence-corrected chi connectivity index (χ4v) is 1.82. The van der Waals surface area contributed by atoms with Crippen LogP contribution in [0.15, 0.2) is 18.2 Å². The average Bonchev–Trinajstić information content (AvgIpc) is 2.37. The van der Waals surface area contributed by atoms with E-state index in [1.807, 2.05) is 52.8 Å². The van der Waals surface area contributed by atoms with E-state index in [9.17, 15) is 4.79 Å². The molecule has 0 aromatic heterocycles. The number of carbonyl (C=O) groups excluding carboxylic acids is 1.